The zero-order valence-electron chi connectivity index (χ0n) is 23.9. The third kappa shape index (κ3) is 7.04. The van der Waals surface area contributed by atoms with Crippen molar-refractivity contribution in [1.82, 2.24) is 20.6 Å². The third-order valence-electron chi connectivity index (χ3n) is 8.11. The van der Waals surface area contributed by atoms with Crippen molar-refractivity contribution in [3.05, 3.63) is 137 Å². The molecule has 216 valence electrons. The van der Waals surface area contributed by atoms with Crippen LogP contribution >= 0.6 is 0 Å². The van der Waals surface area contributed by atoms with Crippen molar-refractivity contribution >= 4 is 23.5 Å². The molecule has 8 nitrogen and oxygen atoms in total. The van der Waals surface area contributed by atoms with E-state index in [0.29, 0.717) is 23.6 Å². The quantitative estimate of drug-likeness (QED) is 0.200. The number of benzene rings is 4. The minimum Gasteiger partial charge on any atom is -0.304 e. The molecule has 43 heavy (non-hydrogen) atoms. The highest BCUT2D eigenvalue weighted by Gasteiger charge is 2.21. The van der Waals surface area contributed by atoms with E-state index < -0.39 is 0 Å². The largest absolute Gasteiger partial charge is 0.304 e. The van der Waals surface area contributed by atoms with Crippen molar-refractivity contribution in [2.24, 2.45) is 0 Å². The van der Waals surface area contributed by atoms with Crippen molar-refractivity contribution in [2.75, 3.05) is 10.2 Å². The van der Waals surface area contributed by atoms with Gasteiger partial charge in [0.15, 0.2) is 0 Å². The molecule has 8 heteroatoms. The Morgan fingerprint density at radius 3 is 2.07 bits per heavy atom. The summed E-state index contributed by atoms with van der Waals surface area (Å²) >= 11 is 0. The van der Waals surface area contributed by atoms with Crippen LogP contribution in [0.3, 0.4) is 0 Å². The summed E-state index contributed by atoms with van der Waals surface area (Å²) in [5.74, 6) is 0.290. The fourth-order valence-corrected chi connectivity index (χ4v) is 5.73. The highest BCUT2D eigenvalue weighted by Crippen LogP contribution is 2.34. The van der Waals surface area contributed by atoms with E-state index in [4.69, 9.17) is 0 Å². The Kier molecular flexibility index (Phi) is 8.64. The Balaban J connectivity index is 1.22. The molecule has 2 N–H and O–H groups in total. The van der Waals surface area contributed by atoms with Gasteiger partial charge in [0, 0.05) is 16.8 Å². The fourth-order valence-electron chi connectivity index (χ4n) is 5.73. The molecular weight excluding hydrogens is 536 g/mol. The molecule has 1 aromatic heterocycles. The van der Waals surface area contributed by atoms with E-state index in [1.165, 1.54) is 43.2 Å². The summed E-state index contributed by atoms with van der Waals surface area (Å²) < 4.78 is 0. The average molecular weight is 571 g/mol. The number of aromatic nitrogens is 4. The van der Waals surface area contributed by atoms with Crippen LogP contribution in [0.2, 0.25) is 0 Å². The van der Waals surface area contributed by atoms with Gasteiger partial charge in [-0.2, -0.15) is 5.21 Å². The molecule has 0 bridgehead atoms. The number of aromatic amines is 1. The molecule has 0 atom stereocenters. The average Bonchev–Trinajstić information content (AvgIpc) is 3.58. The Bertz CT molecular complexity index is 1630. The van der Waals surface area contributed by atoms with Gasteiger partial charge in [0.2, 0.25) is 0 Å². The summed E-state index contributed by atoms with van der Waals surface area (Å²) in [7, 11) is 0. The molecule has 1 aliphatic carbocycles. The summed E-state index contributed by atoms with van der Waals surface area (Å²) in [5, 5.41) is 15.9. The van der Waals surface area contributed by atoms with Gasteiger partial charge < -0.3 is 4.90 Å². The van der Waals surface area contributed by atoms with Gasteiger partial charge in [-0.15, -0.1) is 5.10 Å². The molecule has 6 rings (SSSR count). The molecule has 2 amide bonds. The number of amides is 2. The lowest BCUT2D eigenvalue weighted by Gasteiger charge is -2.26. The first kappa shape index (κ1) is 28.0. The Morgan fingerprint density at radius 1 is 0.744 bits per heavy atom. The number of carbonyl (C=O) groups is 2. The monoisotopic (exact) mass is 570 g/mol. The molecule has 1 aliphatic rings. The topological polar surface area (TPSA) is 104 Å². The van der Waals surface area contributed by atoms with Crippen LogP contribution in [0.5, 0.6) is 0 Å². The van der Waals surface area contributed by atoms with Crippen LogP contribution in [0.25, 0.3) is 0 Å². The second-order valence-corrected chi connectivity index (χ2v) is 11.1. The number of nitrogens with one attached hydrogen (secondary N) is 2. The summed E-state index contributed by atoms with van der Waals surface area (Å²) in [6.07, 6.45) is 7.14. The van der Waals surface area contributed by atoms with Crippen molar-refractivity contribution in [3.63, 3.8) is 0 Å². The van der Waals surface area contributed by atoms with Gasteiger partial charge in [-0.1, -0.05) is 91.1 Å². The molecule has 5 aromatic rings. The van der Waals surface area contributed by atoms with E-state index in [1.807, 2.05) is 59.5 Å². The Hall–Kier alpha value is -5.11. The summed E-state index contributed by atoms with van der Waals surface area (Å²) in [6.45, 7) is 0.361. The number of hydrogen-bond donors (Lipinski definition) is 2. The van der Waals surface area contributed by atoms with E-state index in [9.17, 15) is 9.59 Å². The predicted molar refractivity (Wildman–Crippen MR) is 167 cm³/mol. The summed E-state index contributed by atoms with van der Waals surface area (Å²) in [5.41, 5.74) is 6.56. The summed E-state index contributed by atoms with van der Waals surface area (Å²) in [6, 6.07) is 33.9. The number of H-pyrrole nitrogens is 1. The maximum Gasteiger partial charge on any atom is 0.270 e. The van der Waals surface area contributed by atoms with Gasteiger partial charge in [-0.3, -0.25) is 14.9 Å². The zero-order chi connectivity index (χ0) is 29.4. The van der Waals surface area contributed by atoms with Crippen LogP contribution in [0.15, 0.2) is 103 Å². The second-order valence-electron chi connectivity index (χ2n) is 11.1. The lowest BCUT2D eigenvalue weighted by molar-refractivity contribution is 0.0983. The first-order valence-corrected chi connectivity index (χ1v) is 14.8. The Morgan fingerprint density at radius 2 is 1.40 bits per heavy atom. The van der Waals surface area contributed by atoms with Crippen molar-refractivity contribution in [3.8, 4) is 0 Å². The fraction of sp³-hybridized carbons (Fsp3) is 0.229. The Labute approximate surface area is 251 Å². The van der Waals surface area contributed by atoms with Crippen LogP contribution in [0.1, 0.15) is 81.0 Å². The number of tetrazole rings is 1. The normalized spacial score (nSPS) is 13.4. The highest BCUT2D eigenvalue weighted by atomic mass is 16.2. The van der Waals surface area contributed by atoms with E-state index in [2.05, 4.69) is 62.3 Å². The lowest BCUT2D eigenvalue weighted by Crippen LogP contribution is -2.30. The molecule has 0 unspecified atom stereocenters. The molecule has 0 aliphatic heterocycles. The van der Waals surface area contributed by atoms with E-state index in [1.54, 1.807) is 12.1 Å². The van der Waals surface area contributed by atoms with Gasteiger partial charge in [0.1, 0.15) is 0 Å². The molecule has 1 fully saturated rings. The third-order valence-corrected chi connectivity index (χ3v) is 8.11. The summed E-state index contributed by atoms with van der Waals surface area (Å²) in [4.78, 5) is 28.4. The first-order valence-electron chi connectivity index (χ1n) is 14.8. The van der Waals surface area contributed by atoms with Crippen molar-refractivity contribution in [1.29, 1.82) is 0 Å². The molecule has 4 aromatic carbocycles. The first-order chi connectivity index (χ1) is 21.1. The standard InChI is InChI=1S/C35H34N6O2/c42-33(36-35-37-39-40-38-35)30-15-13-27(14-16-30)24-41(32-21-19-29(20-22-32)28-9-5-2-6-10-28)34(43)31-17-11-26(12-18-31)23-25-7-3-1-4-8-25/h1,3-4,7-8,11-22,28H,2,5-6,9-10,23-24H2,(H2,36,37,38,39,40,42). The minimum atomic E-state index is -0.338. The van der Waals surface area contributed by atoms with E-state index in [-0.39, 0.29) is 17.8 Å². The second kappa shape index (κ2) is 13.2. The number of carbonyl (C=O) groups excluding carboxylic acids is 2. The maximum absolute atomic E-state index is 14.0. The van der Waals surface area contributed by atoms with E-state index >= 15 is 0 Å². The smallest absolute Gasteiger partial charge is 0.270 e. The number of anilines is 2. The van der Waals surface area contributed by atoms with Gasteiger partial charge in [-0.25, -0.2) is 0 Å². The van der Waals surface area contributed by atoms with Gasteiger partial charge in [-0.05, 0) is 89.0 Å². The molecule has 1 saturated carbocycles. The zero-order valence-corrected chi connectivity index (χ0v) is 23.9. The van der Waals surface area contributed by atoms with Crippen LogP contribution in [0.4, 0.5) is 11.6 Å². The maximum atomic E-state index is 14.0. The molecule has 0 saturated heterocycles. The van der Waals surface area contributed by atoms with Gasteiger partial charge in [0.05, 0.1) is 6.54 Å². The highest BCUT2D eigenvalue weighted by molar-refractivity contribution is 6.06. The van der Waals surface area contributed by atoms with Gasteiger partial charge >= 0.3 is 0 Å². The molecular formula is C35H34N6O2. The predicted octanol–water partition coefficient (Wildman–Crippen LogP) is 6.94. The van der Waals surface area contributed by atoms with Gasteiger partial charge in [0.25, 0.3) is 17.8 Å². The minimum absolute atomic E-state index is 0.0735. The molecule has 0 spiro atoms. The SMILES string of the molecule is O=C(Nc1nn[nH]n1)c1ccc(CN(C(=O)c2ccc(Cc3ccccc3)cc2)c2ccc(C3CCCCC3)cc2)cc1. The van der Waals surface area contributed by atoms with Crippen LogP contribution in [0, 0.1) is 0 Å². The lowest BCUT2D eigenvalue weighted by atomic mass is 9.84. The molecule has 1 heterocycles. The number of hydrogen-bond acceptors (Lipinski definition) is 5. The van der Waals surface area contributed by atoms with Crippen molar-refractivity contribution in [2.45, 2.75) is 51.0 Å². The van der Waals surface area contributed by atoms with Crippen molar-refractivity contribution < 1.29 is 9.59 Å². The molecule has 0 radical (unpaired) electrons. The van der Waals surface area contributed by atoms with Crippen LogP contribution in [-0.4, -0.2) is 32.4 Å². The number of nitrogens with zero attached hydrogens (tertiary/aromatic N) is 4. The number of rotatable bonds is 9. The van der Waals surface area contributed by atoms with Crippen LogP contribution in [-0.2, 0) is 13.0 Å². The van der Waals surface area contributed by atoms with E-state index in [0.717, 1.165) is 23.2 Å². The van der Waals surface area contributed by atoms with Crippen LogP contribution < -0.4 is 10.2 Å².